The summed E-state index contributed by atoms with van der Waals surface area (Å²) in [7, 11) is 0. The van der Waals surface area contributed by atoms with Crippen molar-refractivity contribution < 1.29 is 4.74 Å². The largest absolute Gasteiger partial charge is 0.382 e. The third kappa shape index (κ3) is 5.40. The van der Waals surface area contributed by atoms with E-state index in [-0.39, 0.29) is 6.04 Å². The summed E-state index contributed by atoms with van der Waals surface area (Å²) in [6.45, 7) is 8.46. The molecule has 3 aromatic rings. The molecular formula is C23H27N7O. The number of nitriles is 1. The maximum absolute atomic E-state index is 8.96. The van der Waals surface area contributed by atoms with E-state index in [1.54, 1.807) is 12.1 Å². The molecule has 2 aromatic heterocycles. The number of hydrogen-bond donors (Lipinski definition) is 3. The third-order valence-electron chi connectivity index (χ3n) is 5.02. The van der Waals surface area contributed by atoms with Crippen molar-refractivity contribution in [2.24, 2.45) is 0 Å². The van der Waals surface area contributed by atoms with E-state index >= 15 is 0 Å². The molecule has 0 atom stereocenters. The number of nitrogens with one attached hydrogen (secondary N) is 3. The smallest absolute Gasteiger partial charge is 0.141 e. The van der Waals surface area contributed by atoms with Gasteiger partial charge in [-0.05, 0) is 38.1 Å². The van der Waals surface area contributed by atoms with Gasteiger partial charge in [-0.1, -0.05) is 0 Å². The number of H-pyrrole nitrogens is 1. The summed E-state index contributed by atoms with van der Waals surface area (Å²) in [5.74, 6) is 1.51. The molecule has 1 fully saturated rings. The first-order valence-corrected chi connectivity index (χ1v) is 10.5. The monoisotopic (exact) mass is 417 g/mol. The van der Waals surface area contributed by atoms with Gasteiger partial charge in [-0.2, -0.15) is 5.26 Å². The Labute approximate surface area is 182 Å². The summed E-state index contributed by atoms with van der Waals surface area (Å²) in [6.07, 6.45) is 3.72. The Bertz CT molecular complexity index is 1050. The minimum Gasteiger partial charge on any atom is -0.382 e. The van der Waals surface area contributed by atoms with Crippen molar-refractivity contribution in [1.29, 1.82) is 5.26 Å². The quantitative estimate of drug-likeness (QED) is 0.538. The number of pyridine rings is 1. The standard InChI is InChI=1S/C23H27N7O/c1-16(2)27-21-11-22(28-18-5-3-17(12-24)4-6-18)25-14-20(21)23-26-13-19(29-23)15-30-7-9-31-10-8-30/h3-6,11,13-14,16H,7-10,15H2,1-2H3,(H,26,29)(H2,25,27,28). The van der Waals surface area contributed by atoms with Crippen LogP contribution in [0.2, 0.25) is 0 Å². The van der Waals surface area contributed by atoms with Crippen LogP contribution in [0.15, 0.2) is 42.7 Å². The molecule has 0 spiro atoms. The average Bonchev–Trinajstić information content (AvgIpc) is 3.23. The Morgan fingerprint density at radius 1 is 1.16 bits per heavy atom. The number of ether oxygens (including phenoxy) is 1. The molecule has 8 heteroatoms. The fraction of sp³-hybridized carbons (Fsp3) is 0.348. The summed E-state index contributed by atoms with van der Waals surface area (Å²) in [4.78, 5) is 15.0. The van der Waals surface area contributed by atoms with Crippen molar-refractivity contribution in [2.75, 3.05) is 36.9 Å². The molecule has 1 aromatic carbocycles. The molecule has 0 radical (unpaired) electrons. The van der Waals surface area contributed by atoms with Crippen LogP contribution >= 0.6 is 0 Å². The van der Waals surface area contributed by atoms with Gasteiger partial charge in [0.1, 0.15) is 11.6 Å². The fourth-order valence-electron chi connectivity index (χ4n) is 3.50. The number of nitrogens with zero attached hydrogens (tertiary/aromatic N) is 4. The van der Waals surface area contributed by atoms with Gasteiger partial charge in [0.2, 0.25) is 0 Å². The van der Waals surface area contributed by atoms with Gasteiger partial charge in [0.25, 0.3) is 0 Å². The van der Waals surface area contributed by atoms with Gasteiger partial charge < -0.3 is 20.4 Å². The number of benzene rings is 1. The van der Waals surface area contributed by atoms with E-state index in [4.69, 9.17) is 10.00 Å². The first-order chi connectivity index (χ1) is 15.1. The van der Waals surface area contributed by atoms with E-state index in [9.17, 15) is 0 Å². The van der Waals surface area contributed by atoms with Crippen molar-refractivity contribution in [3.8, 4) is 17.5 Å². The molecular weight excluding hydrogens is 390 g/mol. The van der Waals surface area contributed by atoms with Gasteiger partial charge in [0.05, 0.1) is 36.1 Å². The topological polar surface area (TPSA) is 102 Å². The fourth-order valence-corrected chi connectivity index (χ4v) is 3.50. The molecule has 4 rings (SSSR count). The van der Waals surface area contributed by atoms with E-state index in [1.165, 1.54) is 0 Å². The summed E-state index contributed by atoms with van der Waals surface area (Å²) in [5.41, 5.74) is 4.45. The highest BCUT2D eigenvalue weighted by molar-refractivity contribution is 5.76. The van der Waals surface area contributed by atoms with E-state index < -0.39 is 0 Å². The van der Waals surface area contributed by atoms with Crippen molar-refractivity contribution in [3.05, 3.63) is 54.0 Å². The lowest BCUT2D eigenvalue weighted by Gasteiger charge is -2.25. The van der Waals surface area contributed by atoms with Crippen molar-refractivity contribution >= 4 is 17.2 Å². The molecule has 3 heterocycles. The molecule has 0 bridgehead atoms. The Balaban J connectivity index is 1.54. The maximum atomic E-state index is 8.96. The normalized spacial score (nSPS) is 14.4. The lowest BCUT2D eigenvalue weighted by molar-refractivity contribution is 0.0337. The van der Waals surface area contributed by atoms with Crippen molar-refractivity contribution in [1.82, 2.24) is 19.9 Å². The molecule has 31 heavy (non-hydrogen) atoms. The summed E-state index contributed by atoms with van der Waals surface area (Å²) >= 11 is 0. The first-order valence-electron chi connectivity index (χ1n) is 10.5. The molecule has 1 saturated heterocycles. The van der Waals surface area contributed by atoms with Crippen LogP contribution in [0.4, 0.5) is 17.2 Å². The van der Waals surface area contributed by atoms with Crippen LogP contribution in [0.3, 0.4) is 0 Å². The molecule has 0 amide bonds. The van der Waals surface area contributed by atoms with Gasteiger partial charge in [-0.3, -0.25) is 4.90 Å². The zero-order chi connectivity index (χ0) is 21.6. The zero-order valence-corrected chi connectivity index (χ0v) is 17.9. The highest BCUT2D eigenvalue weighted by Crippen LogP contribution is 2.29. The van der Waals surface area contributed by atoms with Gasteiger partial charge in [0, 0.05) is 55.5 Å². The number of rotatable bonds is 7. The van der Waals surface area contributed by atoms with Gasteiger partial charge in [-0.15, -0.1) is 0 Å². The average molecular weight is 418 g/mol. The highest BCUT2D eigenvalue weighted by atomic mass is 16.5. The molecule has 3 N–H and O–H groups in total. The summed E-state index contributed by atoms with van der Waals surface area (Å²) in [6, 6.07) is 11.7. The number of aromatic amines is 1. The molecule has 1 aliphatic heterocycles. The Morgan fingerprint density at radius 2 is 1.94 bits per heavy atom. The maximum Gasteiger partial charge on any atom is 0.141 e. The zero-order valence-electron chi connectivity index (χ0n) is 17.9. The second-order valence-electron chi connectivity index (χ2n) is 7.87. The lowest BCUT2D eigenvalue weighted by atomic mass is 10.2. The van der Waals surface area contributed by atoms with Crippen molar-refractivity contribution in [3.63, 3.8) is 0 Å². The first kappa shape index (κ1) is 20.8. The Hall–Kier alpha value is -3.41. The van der Waals surface area contributed by atoms with Crippen LogP contribution in [-0.4, -0.2) is 52.2 Å². The Kier molecular flexibility index (Phi) is 6.46. The number of hydrogen-bond acceptors (Lipinski definition) is 7. The van der Waals surface area contributed by atoms with E-state index in [0.29, 0.717) is 5.56 Å². The van der Waals surface area contributed by atoms with Crippen LogP contribution < -0.4 is 10.6 Å². The third-order valence-corrected chi connectivity index (χ3v) is 5.02. The second kappa shape index (κ2) is 9.60. The van der Waals surface area contributed by atoms with Crippen LogP contribution in [0.25, 0.3) is 11.4 Å². The molecule has 0 aliphatic carbocycles. The second-order valence-corrected chi connectivity index (χ2v) is 7.87. The summed E-state index contributed by atoms with van der Waals surface area (Å²) in [5, 5.41) is 15.8. The van der Waals surface area contributed by atoms with Gasteiger partial charge in [0.15, 0.2) is 0 Å². The minimum atomic E-state index is 0.256. The Morgan fingerprint density at radius 3 is 2.65 bits per heavy atom. The van der Waals surface area contributed by atoms with Crippen LogP contribution in [-0.2, 0) is 11.3 Å². The number of imidazole rings is 1. The van der Waals surface area contributed by atoms with E-state index in [2.05, 4.69) is 50.4 Å². The van der Waals surface area contributed by atoms with Crippen LogP contribution in [0.5, 0.6) is 0 Å². The predicted molar refractivity (Wildman–Crippen MR) is 121 cm³/mol. The lowest BCUT2D eigenvalue weighted by Crippen LogP contribution is -2.35. The number of morpholine rings is 1. The molecule has 160 valence electrons. The minimum absolute atomic E-state index is 0.256. The molecule has 1 aliphatic rings. The van der Waals surface area contributed by atoms with Crippen LogP contribution in [0, 0.1) is 11.3 Å². The van der Waals surface area contributed by atoms with Gasteiger partial charge >= 0.3 is 0 Å². The number of anilines is 3. The summed E-state index contributed by atoms with van der Waals surface area (Å²) < 4.78 is 5.43. The predicted octanol–water partition coefficient (Wildman–Crippen LogP) is 3.74. The van der Waals surface area contributed by atoms with Crippen molar-refractivity contribution in [2.45, 2.75) is 26.4 Å². The molecule has 8 nitrogen and oxygen atoms in total. The van der Waals surface area contributed by atoms with E-state index in [0.717, 1.165) is 67.1 Å². The van der Waals surface area contributed by atoms with E-state index in [1.807, 2.05) is 30.6 Å². The van der Waals surface area contributed by atoms with Gasteiger partial charge in [-0.25, -0.2) is 9.97 Å². The highest BCUT2D eigenvalue weighted by Gasteiger charge is 2.15. The molecule has 0 saturated carbocycles. The number of aromatic nitrogens is 3. The SMILES string of the molecule is CC(C)Nc1cc(Nc2ccc(C#N)cc2)ncc1-c1ncc(CN2CCOCC2)[nH]1. The molecule has 0 unspecified atom stereocenters. The van der Waals surface area contributed by atoms with Crippen LogP contribution in [0.1, 0.15) is 25.1 Å².